The van der Waals surface area contributed by atoms with Gasteiger partial charge in [0.15, 0.2) is 0 Å². The summed E-state index contributed by atoms with van der Waals surface area (Å²) in [6.45, 7) is 0. The van der Waals surface area contributed by atoms with Crippen molar-refractivity contribution in [3.63, 3.8) is 0 Å². The van der Waals surface area contributed by atoms with Crippen LogP contribution in [0.2, 0.25) is 0 Å². The minimum absolute atomic E-state index is 0.00657. The van der Waals surface area contributed by atoms with Crippen molar-refractivity contribution >= 4 is 33.4 Å². The standard InChI is InChI=1S/C58H41NO/c1-3-16-40(17-4-1)41-32-34-42(35-33-41)43-36-38-46(39-37-43)59(55-30-11-8-23-49(55)52-27-15-28-53-50-24-9-12-31-56(50)60-58(52)53)54-29-10-7-22-48(54)51-26-14-21-45-20-13-25-47(57(45)51)44-18-5-2-6-19-44/h1-39,52,58H. The fourth-order valence-electron chi connectivity index (χ4n) is 9.25. The molecule has 0 spiro atoms. The maximum absolute atomic E-state index is 6.78. The van der Waals surface area contributed by atoms with Crippen LogP contribution >= 0.6 is 0 Å². The Bertz CT molecular complexity index is 3050. The number of para-hydroxylation sites is 3. The minimum atomic E-state index is -0.127. The Balaban J connectivity index is 1.07. The Morgan fingerprint density at radius 3 is 1.63 bits per heavy atom. The SMILES string of the molecule is C1=CC(c2ccccc2N(c2ccc(-c3ccc(-c4ccccc4)cc3)cc2)c2ccccc2-c2cccc3cccc(-c4ccccc4)c23)C2Oc3ccccc3C2=C1. The summed E-state index contributed by atoms with van der Waals surface area (Å²) in [6.07, 6.45) is 6.61. The van der Waals surface area contributed by atoms with Gasteiger partial charge in [0.05, 0.1) is 11.4 Å². The van der Waals surface area contributed by atoms with Gasteiger partial charge in [0.2, 0.25) is 0 Å². The Hall–Kier alpha value is -7.68. The molecule has 284 valence electrons. The van der Waals surface area contributed by atoms with E-state index in [0.29, 0.717) is 0 Å². The normalized spacial score (nSPS) is 15.2. The van der Waals surface area contributed by atoms with Crippen LogP contribution in [-0.2, 0) is 0 Å². The second-order valence-electron chi connectivity index (χ2n) is 15.5. The van der Waals surface area contributed by atoms with Crippen molar-refractivity contribution in [1.29, 1.82) is 0 Å². The van der Waals surface area contributed by atoms with Crippen LogP contribution in [0.5, 0.6) is 5.75 Å². The number of ether oxygens (including phenoxy) is 1. The molecule has 2 unspecified atom stereocenters. The predicted octanol–water partition coefficient (Wildman–Crippen LogP) is 15.5. The Morgan fingerprint density at radius 1 is 0.383 bits per heavy atom. The van der Waals surface area contributed by atoms with Gasteiger partial charge in [-0.1, -0.05) is 206 Å². The number of anilines is 3. The van der Waals surface area contributed by atoms with Gasteiger partial charge in [-0.25, -0.2) is 0 Å². The van der Waals surface area contributed by atoms with Crippen LogP contribution in [0, 0.1) is 0 Å². The summed E-state index contributed by atoms with van der Waals surface area (Å²) in [5, 5.41) is 2.45. The highest BCUT2D eigenvalue weighted by molar-refractivity contribution is 6.09. The monoisotopic (exact) mass is 767 g/mol. The van der Waals surface area contributed by atoms with E-state index in [2.05, 4.69) is 242 Å². The van der Waals surface area contributed by atoms with Gasteiger partial charge in [0.1, 0.15) is 11.9 Å². The zero-order chi connectivity index (χ0) is 39.8. The van der Waals surface area contributed by atoms with Crippen molar-refractivity contribution in [1.82, 2.24) is 0 Å². The molecule has 60 heavy (non-hydrogen) atoms. The topological polar surface area (TPSA) is 12.5 Å². The molecule has 2 aliphatic rings. The molecule has 0 bridgehead atoms. The molecule has 11 rings (SSSR count). The summed E-state index contributed by atoms with van der Waals surface area (Å²) >= 11 is 0. The smallest absolute Gasteiger partial charge is 0.135 e. The summed E-state index contributed by atoms with van der Waals surface area (Å²) < 4.78 is 6.78. The third kappa shape index (κ3) is 6.31. The second-order valence-corrected chi connectivity index (χ2v) is 15.5. The van der Waals surface area contributed by atoms with Crippen LogP contribution < -0.4 is 9.64 Å². The van der Waals surface area contributed by atoms with E-state index in [1.165, 1.54) is 66.4 Å². The first-order valence-electron chi connectivity index (χ1n) is 20.7. The van der Waals surface area contributed by atoms with Crippen LogP contribution in [0.25, 0.3) is 60.9 Å². The summed E-state index contributed by atoms with van der Waals surface area (Å²) in [5.41, 5.74) is 16.5. The molecule has 2 heteroatoms. The molecule has 1 aliphatic heterocycles. The van der Waals surface area contributed by atoms with E-state index in [4.69, 9.17) is 4.74 Å². The Morgan fingerprint density at radius 2 is 0.917 bits per heavy atom. The average Bonchev–Trinajstić information content (AvgIpc) is 3.72. The zero-order valence-electron chi connectivity index (χ0n) is 33.0. The van der Waals surface area contributed by atoms with Gasteiger partial charge >= 0.3 is 0 Å². The lowest BCUT2D eigenvalue weighted by Gasteiger charge is -2.33. The number of hydrogen-bond acceptors (Lipinski definition) is 2. The maximum Gasteiger partial charge on any atom is 0.135 e. The molecule has 1 aliphatic carbocycles. The number of rotatable bonds is 8. The first kappa shape index (κ1) is 35.5. The highest BCUT2D eigenvalue weighted by atomic mass is 16.5. The molecule has 0 saturated heterocycles. The van der Waals surface area contributed by atoms with E-state index in [0.717, 1.165) is 28.4 Å². The fourth-order valence-corrected chi connectivity index (χ4v) is 9.25. The molecule has 0 saturated carbocycles. The quantitative estimate of drug-likeness (QED) is 0.153. The van der Waals surface area contributed by atoms with E-state index >= 15 is 0 Å². The molecular weight excluding hydrogens is 727 g/mol. The summed E-state index contributed by atoms with van der Waals surface area (Å²) in [6, 6.07) is 78.8. The van der Waals surface area contributed by atoms with E-state index < -0.39 is 0 Å². The van der Waals surface area contributed by atoms with Gasteiger partial charge < -0.3 is 9.64 Å². The van der Waals surface area contributed by atoms with Gasteiger partial charge in [0, 0.05) is 28.3 Å². The van der Waals surface area contributed by atoms with E-state index in [-0.39, 0.29) is 12.0 Å². The van der Waals surface area contributed by atoms with Crippen LogP contribution in [-0.4, -0.2) is 6.10 Å². The largest absolute Gasteiger partial charge is 0.484 e. The summed E-state index contributed by atoms with van der Waals surface area (Å²) in [5.74, 6) is 0.938. The molecule has 0 amide bonds. The molecule has 1 heterocycles. The van der Waals surface area contributed by atoms with E-state index in [1.807, 2.05) is 0 Å². The minimum Gasteiger partial charge on any atom is -0.484 e. The second kappa shape index (κ2) is 15.2. The zero-order valence-corrected chi connectivity index (χ0v) is 33.0. The molecule has 2 atom stereocenters. The molecule has 0 radical (unpaired) electrons. The number of allylic oxidation sites excluding steroid dienone is 2. The summed E-state index contributed by atoms with van der Waals surface area (Å²) in [7, 11) is 0. The maximum atomic E-state index is 6.78. The Kier molecular flexibility index (Phi) is 9.02. The van der Waals surface area contributed by atoms with Crippen molar-refractivity contribution in [3.05, 3.63) is 248 Å². The van der Waals surface area contributed by atoms with Crippen molar-refractivity contribution in [2.24, 2.45) is 0 Å². The van der Waals surface area contributed by atoms with Gasteiger partial charge in [-0.05, 0) is 85.6 Å². The Labute approximate surface area is 351 Å². The molecule has 9 aromatic rings. The molecule has 0 fully saturated rings. The van der Waals surface area contributed by atoms with Crippen LogP contribution in [0.1, 0.15) is 17.0 Å². The van der Waals surface area contributed by atoms with Crippen molar-refractivity contribution < 1.29 is 4.74 Å². The number of fused-ring (bicyclic) bond motifs is 4. The number of benzene rings is 9. The first-order chi connectivity index (χ1) is 29.8. The van der Waals surface area contributed by atoms with Crippen molar-refractivity contribution in [2.45, 2.75) is 12.0 Å². The molecular formula is C58H41NO. The fraction of sp³-hybridized carbons (Fsp3) is 0.0345. The van der Waals surface area contributed by atoms with Crippen molar-refractivity contribution in [2.75, 3.05) is 4.90 Å². The van der Waals surface area contributed by atoms with E-state index in [1.54, 1.807) is 0 Å². The lowest BCUT2D eigenvalue weighted by atomic mass is 9.83. The highest BCUT2D eigenvalue weighted by Crippen LogP contribution is 2.50. The molecule has 2 nitrogen and oxygen atoms in total. The highest BCUT2D eigenvalue weighted by Gasteiger charge is 2.37. The molecule has 0 aromatic heterocycles. The van der Waals surface area contributed by atoms with Gasteiger partial charge in [-0.3, -0.25) is 0 Å². The molecule has 0 N–H and O–H groups in total. The lowest BCUT2D eigenvalue weighted by molar-refractivity contribution is 0.258. The number of hydrogen-bond donors (Lipinski definition) is 0. The van der Waals surface area contributed by atoms with Gasteiger partial charge in [-0.15, -0.1) is 0 Å². The third-order valence-corrected chi connectivity index (χ3v) is 12.1. The van der Waals surface area contributed by atoms with Crippen LogP contribution in [0.4, 0.5) is 17.1 Å². The summed E-state index contributed by atoms with van der Waals surface area (Å²) in [4.78, 5) is 2.46. The van der Waals surface area contributed by atoms with Gasteiger partial charge in [-0.2, -0.15) is 0 Å². The number of nitrogens with zero attached hydrogens (tertiary/aromatic N) is 1. The lowest BCUT2D eigenvalue weighted by Crippen LogP contribution is -2.25. The van der Waals surface area contributed by atoms with Crippen LogP contribution in [0.15, 0.2) is 237 Å². The van der Waals surface area contributed by atoms with Crippen LogP contribution in [0.3, 0.4) is 0 Å². The predicted molar refractivity (Wildman–Crippen MR) is 251 cm³/mol. The van der Waals surface area contributed by atoms with Crippen molar-refractivity contribution in [3.8, 4) is 50.3 Å². The average molecular weight is 768 g/mol. The van der Waals surface area contributed by atoms with Gasteiger partial charge in [0.25, 0.3) is 0 Å². The third-order valence-electron chi connectivity index (χ3n) is 12.1. The first-order valence-corrected chi connectivity index (χ1v) is 20.7. The van der Waals surface area contributed by atoms with E-state index in [9.17, 15) is 0 Å². The molecule has 9 aromatic carbocycles.